The number of hydrogen-bond donors (Lipinski definition) is 0. The minimum absolute atomic E-state index is 0. The summed E-state index contributed by atoms with van der Waals surface area (Å²) in [6.45, 7) is 1.99. The van der Waals surface area contributed by atoms with Crippen LogP contribution in [0.4, 0.5) is 0 Å². The largest absolute Gasteiger partial charge is 0.264 e. The number of fused-ring (bicyclic) bond motifs is 1. The molecule has 1 aromatic carbocycles. The monoisotopic (exact) mass is 213 g/mol. The molecule has 0 aliphatic rings. The fourth-order valence-electron chi connectivity index (χ4n) is 1.23. The molecule has 68 valence electrons. The van der Waals surface area contributed by atoms with Crippen molar-refractivity contribution < 1.29 is 0 Å². The third-order valence-corrected chi connectivity index (χ3v) is 2.45. The molecule has 0 saturated heterocycles. The molecule has 0 spiro atoms. The van der Waals surface area contributed by atoms with Crippen molar-refractivity contribution >= 4 is 34.8 Å². The molecule has 1 nitrogen and oxygen atoms in total. The highest BCUT2D eigenvalue weighted by molar-refractivity contribution is 6.36. The summed E-state index contributed by atoms with van der Waals surface area (Å²) in [5, 5.41) is 2.97. The molecule has 0 N–H and O–H groups in total. The molecule has 0 aliphatic carbocycles. The zero-order chi connectivity index (χ0) is 8.55. The molecule has 0 aliphatic heterocycles. The highest BCUT2D eigenvalue weighted by Crippen LogP contribution is 2.25. The second kappa shape index (κ2) is 3.95. The van der Waals surface area contributed by atoms with Gasteiger partial charge in [-0.05, 0) is 23.9 Å². The van der Waals surface area contributed by atoms with Gasteiger partial charge in [0.15, 0.2) is 0 Å². The van der Waals surface area contributed by atoms with Crippen molar-refractivity contribution in [3.05, 3.63) is 41.2 Å². The van der Waals surface area contributed by atoms with Gasteiger partial charge in [0.25, 0.3) is 0 Å². The fraction of sp³-hybridized carbons (Fsp3) is 0.100. The number of nitrogens with zero attached hydrogens (tertiary/aromatic N) is 1. The Morgan fingerprint density at radius 1 is 1.23 bits per heavy atom. The maximum Gasteiger partial charge on any atom is 0.0529 e. The third kappa shape index (κ3) is 1.77. The lowest BCUT2D eigenvalue weighted by atomic mass is 10.1. The Kier molecular flexibility index (Phi) is 3.12. The van der Waals surface area contributed by atoms with Crippen molar-refractivity contribution in [1.29, 1.82) is 0 Å². The van der Waals surface area contributed by atoms with Gasteiger partial charge in [-0.15, -0.1) is 12.4 Å². The fourth-order valence-corrected chi connectivity index (χ4v) is 1.46. The molecule has 13 heavy (non-hydrogen) atoms. The summed E-state index contributed by atoms with van der Waals surface area (Å²) in [5.74, 6) is 0. The molecule has 0 radical (unpaired) electrons. The summed E-state index contributed by atoms with van der Waals surface area (Å²) >= 11 is 6.09. The van der Waals surface area contributed by atoms with Crippen LogP contribution >= 0.6 is 24.0 Å². The minimum Gasteiger partial charge on any atom is -0.264 e. The van der Waals surface area contributed by atoms with E-state index < -0.39 is 0 Å². The number of benzene rings is 1. The van der Waals surface area contributed by atoms with E-state index in [1.165, 1.54) is 0 Å². The molecule has 0 saturated carbocycles. The molecule has 1 aromatic heterocycles. The number of pyridine rings is 1. The number of halogens is 2. The maximum absolute atomic E-state index is 6.09. The topological polar surface area (TPSA) is 12.9 Å². The Hall–Kier alpha value is -0.790. The molecule has 0 amide bonds. The van der Waals surface area contributed by atoms with Gasteiger partial charge in [0.1, 0.15) is 0 Å². The van der Waals surface area contributed by atoms with E-state index in [4.69, 9.17) is 11.6 Å². The van der Waals surface area contributed by atoms with Gasteiger partial charge in [-0.1, -0.05) is 23.7 Å². The van der Waals surface area contributed by atoms with Crippen molar-refractivity contribution in [2.24, 2.45) is 0 Å². The van der Waals surface area contributed by atoms with E-state index in [1.54, 1.807) is 12.4 Å². The van der Waals surface area contributed by atoms with Crippen LogP contribution in [0.5, 0.6) is 0 Å². The summed E-state index contributed by atoms with van der Waals surface area (Å²) in [6.07, 6.45) is 3.57. The Labute approximate surface area is 88.2 Å². The molecule has 0 bridgehead atoms. The standard InChI is InChI=1S/C10H8ClN.ClH/c1-7-2-3-8-4-5-12-6-9(8)10(7)11;/h2-6H,1H3;1H. The number of hydrogen-bond acceptors (Lipinski definition) is 1. The van der Waals surface area contributed by atoms with Crippen LogP contribution in [-0.2, 0) is 0 Å². The zero-order valence-electron chi connectivity index (χ0n) is 7.12. The number of rotatable bonds is 0. The second-order valence-electron chi connectivity index (χ2n) is 2.79. The quantitative estimate of drug-likeness (QED) is 0.652. The van der Waals surface area contributed by atoms with E-state index in [2.05, 4.69) is 11.1 Å². The summed E-state index contributed by atoms with van der Waals surface area (Å²) in [4.78, 5) is 4.03. The molecular formula is C10H9Cl2N. The lowest BCUT2D eigenvalue weighted by molar-refractivity contribution is 1.36. The summed E-state index contributed by atoms with van der Waals surface area (Å²) in [7, 11) is 0. The van der Waals surface area contributed by atoms with E-state index in [0.29, 0.717) is 0 Å². The minimum atomic E-state index is 0. The van der Waals surface area contributed by atoms with Gasteiger partial charge >= 0.3 is 0 Å². The van der Waals surface area contributed by atoms with Crippen molar-refractivity contribution in [3.63, 3.8) is 0 Å². The average Bonchev–Trinajstić information content (AvgIpc) is 2.12. The summed E-state index contributed by atoms with van der Waals surface area (Å²) in [5.41, 5.74) is 1.09. The van der Waals surface area contributed by atoms with Crippen molar-refractivity contribution in [1.82, 2.24) is 4.98 Å². The number of aromatic nitrogens is 1. The van der Waals surface area contributed by atoms with E-state index in [9.17, 15) is 0 Å². The molecule has 3 heteroatoms. The average molecular weight is 214 g/mol. The van der Waals surface area contributed by atoms with E-state index >= 15 is 0 Å². The third-order valence-electron chi connectivity index (χ3n) is 1.95. The Morgan fingerprint density at radius 2 is 2.00 bits per heavy atom. The Morgan fingerprint density at radius 3 is 2.77 bits per heavy atom. The molecule has 0 fully saturated rings. The van der Waals surface area contributed by atoms with Gasteiger partial charge in [-0.3, -0.25) is 4.98 Å². The van der Waals surface area contributed by atoms with Crippen LogP contribution in [0, 0.1) is 6.92 Å². The Balaban J connectivity index is 0.000000845. The first kappa shape index (κ1) is 10.3. The molecule has 2 aromatic rings. The molecule has 2 rings (SSSR count). The predicted octanol–water partition coefficient (Wildman–Crippen LogP) is 3.62. The van der Waals surface area contributed by atoms with E-state index in [-0.39, 0.29) is 12.4 Å². The lowest BCUT2D eigenvalue weighted by Crippen LogP contribution is -1.79. The van der Waals surface area contributed by atoms with Crippen molar-refractivity contribution in [2.45, 2.75) is 6.92 Å². The van der Waals surface area contributed by atoms with Crippen LogP contribution < -0.4 is 0 Å². The van der Waals surface area contributed by atoms with Gasteiger partial charge < -0.3 is 0 Å². The summed E-state index contributed by atoms with van der Waals surface area (Å²) < 4.78 is 0. The van der Waals surface area contributed by atoms with Gasteiger partial charge in [-0.25, -0.2) is 0 Å². The first-order chi connectivity index (χ1) is 5.79. The van der Waals surface area contributed by atoms with Crippen molar-refractivity contribution in [2.75, 3.05) is 0 Å². The summed E-state index contributed by atoms with van der Waals surface area (Å²) in [6, 6.07) is 6.03. The highest BCUT2D eigenvalue weighted by Gasteiger charge is 2.00. The highest BCUT2D eigenvalue weighted by atomic mass is 35.5. The SMILES string of the molecule is Cc1ccc2ccncc2c1Cl.Cl. The maximum atomic E-state index is 6.09. The van der Waals surface area contributed by atoms with Gasteiger partial charge in [0.05, 0.1) is 5.02 Å². The predicted molar refractivity (Wildman–Crippen MR) is 58.7 cm³/mol. The van der Waals surface area contributed by atoms with Gasteiger partial charge in [-0.2, -0.15) is 0 Å². The normalized spacial score (nSPS) is 9.69. The molecular weight excluding hydrogens is 205 g/mol. The van der Waals surface area contributed by atoms with Crippen LogP contribution in [0.1, 0.15) is 5.56 Å². The van der Waals surface area contributed by atoms with Crippen LogP contribution in [0.2, 0.25) is 5.02 Å². The van der Waals surface area contributed by atoms with Crippen LogP contribution in [0.3, 0.4) is 0 Å². The number of aryl methyl sites for hydroxylation is 1. The van der Waals surface area contributed by atoms with E-state index in [0.717, 1.165) is 21.4 Å². The zero-order valence-corrected chi connectivity index (χ0v) is 8.69. The molecule has 0 unspecified atom stereocenters. The van der Waals surface area contributed by atoms with Gasteiger partial charge in [0.2, 0.25) is 0 Å². The lowest BCUT2D eigenvalue weighted by Gasteiger charge is -2.01. The first-order valence-corrected chi connectivity index (χ1v) is 4.15. The van der Waals surface area contributed by atoms with Crippen molar-refractivity contribution in [3.8, 4) is 0 Å². The first-order valence-electron chi connectivity index (χ1n) is 3.78. The smallest absolute Gasteiger partial charge is 0.0529 e. The van der Waals surface area contributed by atoms with Gasteiger partial charge in [0, 0.05) is 17.8 Å². The molecule has 1 heterocycles. The molecule has 0 atom stereocenters. The van der Waals surface area contributed by atoms with Crippen LogP contribution in [-0.4, -0.2) is 4.98 Å². The Bertz CT molecular complexity index is 426. The van der Waals surface area contributed by atoms with Crippen LogP contribution in [0.25, 0.3) is 10.8 Å². The van der Waals surface area contributed by atoms with Crippen LogP contribution in [0.15, 0.2) is 30.6 Å². The van der Waals surface area contributed by atoms with E-state index in [1.807, 2.05) is 19.1 Å². The second-order valence-corrected chi connectivity index (χ2v) is 3.17.